The summed E-state index contributed by atoms with van der Waals surface area (Å²) in [4.78, 5) is 9.86. The number of hydrogen-bond acceptors (Lipinski definition) is 3. The van der Waals surface area contributed by atoms with E-state index in [0.717, 1.165) is 4.74 Å². The van der Waals surface area contributed by atoms with Gasteiger partial charge >= 0.3 is 54.4 Å². The fraction of sp³-hybridized carbons (Fsp3) is 0.889. The van der Waals surface area contributed by atoms with Crippen molar-refractivity contribution < 1.29 is 93.3 Å². The summed E-state index contributed by atoms with van der Waals surface area (Å²) >= 11 is 0. The highest BCUT2D eigenvalue weighted by atomic mass is 19.4. The van der Waals surface area contributed by atoms with Crippen molar-refractivity contribution in [2.45, 2.75) is 48.4 Å². The Morgan fingerprint density at radius 1 is 0.500 bits per heavy atom. The van der Waals surface area contributed by atoms with Gasteiger partial charge in [0.05, 0.1) is 0 Å². The first-order valence-electron chi connectivity index (χ1n) is 5.92. The molecule has 0 aliphatic carbocycles. The van der Waals surface area contributed by atoms with Crippen molar-refractivity contribution in [1.29, 1.82) is 0 Å². The predicted octanol–water partition coefficient (Wildman–Crippen LogP) is 5.36. The zero-order chi connectivity index (χ0) is 25.0. The summed E-state index contributed by atoms with van der Waals surface area (Å²) in [6, 6.07) is -4.79. The van der Waals surface area contributed by atoms with Crippen LogP contribution < -0.4 is 0 Å². The molecule has 0 bridgehead atoms. The van der Waals surface area contributed by atoms with Gasteiger partial charge in [0.25, 0.3) is 0 Å². The van der Waals surface area contributed by atoms with Crippen LogP contribution in [0.15, 0.2) is 0 Å². The lowest BCUT2D eigenvalue weighted by molar-refractivity contribution is -0.548. The monoisotopic (exact) mass is 498 g/mol. The fourth-order valence-electron chi connectivity index (χ4n) is 1.14. The number of hydrogen-bond donors (Lipinski definition) is 0. The topological polar surface area (TPSA) is 35.5 Å². The molecular formula is C9F18O3. The fourth-order valence-corrected chi connectivity index (χ4v) is 1.14. The van der Waals surface area contributed by atoms with E-state index in [1.807, 2.05) is 0 Å². The van der Waals surface area contributed by atoms with Crippen molar-refractivity contribution in [2.24, 2.45) is 0 Å². The summed E-state index contributed by atoms with van der Waals surface area (Å²) in [5, 5.41) is 0. The molecule has 30 heavy (non-hydrogen) atoms. The van der Waals surface area contributed by atoms with Gasteiger partial charge in [-0.2, -0.15) is 79.0 Å². The third-order valence-corrected chi connectivity index (χ3v) is 2.62. The van der Waals surface area contributed by atoms with E-state index in [9.17, 15) is 83.8 Å². The molecule has 0 saturated carbocycles. The second kappa shape index (κ2) is 7.19. The van der Waals surface area contributed by atoms with Crippen molar-refractivity contribution in [3.8, 4) is 0 Å². The maximum absolute atomic E-state index is 13.5. The van der Waals surface area contributed by atoms with Gasteiger partial charge in [0.15, 0.2) is 0 Å². The summed E-state index contributed by atoms with van der Waals surface area (Å²) in [6.07, 6.45) is -39.1. The SMILES string of the molecule is O=C(F)[C@@](F)(OC(F)(F)[C@](F)(OC(F)(F)C(F)(F)C(F)(F)F)C(F)(F)F)C(F)(F)F. The Hall–Kier alpha value is -1.67. The predicted molar refractivity (Wildman–Crippen MR) is 49.0 cm³/mol. The summed E-state index contributed by atoms with van der Waals surface area (Å²) in [5.74, 6) is -23.3. The Morgan fingerprint density at radius 3 is 1.10 bits per heavy atom. The highest BCUT2D eigenvalue weighted by molar-refractivity contribution is 5.77. The van der Waals surface area contributed by atoms with Crippen molar-refractivity contribution in [1.82, 2.24) is 0 Å². The van der Waals surface area contributed by atoms with E-state index in [4.69, 9.17) is 0 Å². The summed E-state index contributed by atoms with van der Waals surface area (Å²) in [7, 11) is 0. The minimum Gasteiger partial charge on any atom is -0.262 e. The zero-order valence-electron chi connectivity index (χ0n) is 12.5. The van der Waals surface area contributed by atoms with Gasteiger partial charge in [-0.15, -0.1) is 0 Å². The number of carbonyl (C=O) groups excluding carboxylic acids is 1. The van der Waals surface area contributed by atoms with Crippen LogP contribution in [0.3, 0.4) is 0 Å². The second-order valence-corrected chi connectivity index (χ2v) is 4.77. The highest BCUT2D eigenvalue weighted by Crippen LogP contribution is 2.56. The molecule has 0 aliphatic heterocycles. The Morgan fingerprint density at radius 2 is 0.867 bits per heavy atom. The number of carbonyl (C=O) groups is 1. The Bertz CT molecular complexity index is 645. The molecule has 0 heterocycles. The standard InChI is InChI=1S/C9F18O3/c10-1(28)2(11,5(15,16)17)29-9(26,27)4(14,7(21,22)23)30-8(24,25)3(12,13)6(18,19)20/t2-,4-/m1/s1. The first-order chi connectivity index (χ1) is 12.6. The van der Waals surface area contributed by atoms with E-state index in [0.29, 0.717) is 0 Å². The smallest absolute Gasteiger partial charge is 0.262 e. The minimum atomic E-state index is -8.14. The lowest BCUT2D eigenvalue weighted by atomic mass is 10.2. The van der Waals surface area contributed by atoms with Crippen molar-refractivity contribution >= 4 is 6.04 Å². The first-order valence-corrected chi connectivity index (χ1v) is 5.92. The van der Waals surface area contributed by atoms with Crippen LogP contribution in [0.25, 0.3) is 0 Å². The lowest BCUT2D eigenvalue weighted by Crippen LogP contribution is -2.67. The normalized spacial score (nSPS) is 19.3. The second-order valence-electron chi connectivity index (χ2n) is 4.77. The van der Waals surface area contributed by atoms with Gasteiger partial charge in [0.1, 0.15) is 0 Å². The molecule has 0 N–H and O–H groups in total. The summed E-state index contributed by atoms with van der Waals surface area (Å²) < 4.78 is 227. The molecule has 0 unspecified atom stereocenters. The van der Waals surface area contributed by atoms with Gasteiger partial charge in [0.2, 0.25) is 0 Å². The quantitative estimate of drug-likeness (QED) is 0.351. The lowest BCUT2D eigenvalue weighted by Gasteiger charge is -2.39. The van der Waals surface area contributed by atoms with Gasteiger partial charge in [-0.05, 0) is 0 Å². The van der Waals surface area contributed by atoms with E-state index in [1.165, 1.54) is 4.74 Å². The number of rotatable bonds is 7. The maximum atomic E-state index is 13.5. The molecule has 0 fully saturated rings. The molecule has 0 rings (SSSR count). The average Bonchev–Trinajstić information content (AvgIpc) is 2.41. The number of ether oxygens (including phenoxy) is 2. The Kier molecular flexibility index (Phi) is 6.79. The largest absolute Gasteiger partial charge is 0.462 e. The van der Waals surface area contributed by atoms with Gasteiger partial charge in [-0.25, -0.2) is 0 Å². The van der Waals surface area contributed by atoms with Crippen LogP contribution in [-0.4, -0.2) is 54.4 Å². The van der Waals surface area contributed by atoms with Crippen LogP contribution in [0.1, 0.15) is 0 Å². The van der Waals surface area contributed by atoms with Crippen LogP contribution in [0.4, 0.5) is 79.0 Å². The van der Waals surface area contributed by atoms with Crippen molar-refractivity contribution in [3.63, 3.8) is 0 Å². The molecule has 0 aromatic rings. The van der Waals surface area contributed by atoms with Crippen LogP contribution in [0.2, 0.25) is 0 Å². The van der Waals surface area contributed by atoms with Gasteiger partial charge < -0.3 is 0 Å². The Labute approximate surface area is 149 Å². The summed E-state index contributed by atoms with van der Waals surface area (Å²) in [6.45, 7) is 0. The number of halogens is 18. The first kappa shape index (κ1) is 28.3. The van der Waals surface area contributed by atoms with Crippen LogP contribution >= 0.6 is 0 Å². The highest BCUT2D eigenvalue weighted by Gasteiger charge is 2.85. The van der Waals surface area contributed by atoms with E-state index >= 15 is 0 Å². The molecule has 21 heteroatoms. The Balaban J connectivity index is 6.63. The van der Waals surface area contributed by atoms with E-state index in [-0.39, 0.29) is 0 Å². The third kappa shape index (κ3) is 4.49. The van der Waals surface area contributed by atoms with Crippen molar-refractivity contribution in [3.05, 3.63) is 0 Å². The van der Waals surface area contributed by atoms with Gasteiger partial charge in [-0.1, -0.05) is 0 Å². The van der Waals surface area contributed by atoms with Gasteiger partial charge in [-0.3, -0.25) is 14.3 Å². The number of alkyl halides is 17. The van der Waals surface area contributed by atoms with Crippen LogP contribution in [0, 0.1) is 0 Å². The van der Waals surface area contributed by atoms with Gasteiger partial charge in [0, 0.05) is 0 Å². The van der Waals surface area contributed by atoms with E-state index < -0.39 is 54.4 Å². The molecule has 0 spiro atoms. The van der Waals surface area contributed by atoms with Crippen LogP contribution in [-0.2, 0) is 14.3 Å². The molecular weight excluding hydrogens is 498 g/mol. The van der Waals surface area contributed by atoms with Crippen LogP contribution in [0.5, 0.6) is 0 Å². The molecule has 2 atom stereocenters. The third-order valence-electron chi connectivity index (χ3n) is 2.62. The molecule has 3 nitrogen and oxygen atoms in total. The van der Waals surface area contributed by atoms with E-state index in [1.54, 1.807) is 0 Å². The maximum Gasteiger partial charge on any atom is 0.462 e. The zero-order valence-corrected chi connectivity index (χ0v) is 12.5. The average molecular weight is 498 g/mol. The molecule has 0 aromatic carbocycles. The van der Waals surface area contributed by atoms with Crippen molar-refractivity contribution in [2.75, 3.05) is 0 Å². The molecule has 0 amide bonds. The molecule has 0 aromatic heterocycles. The molecule has 180 valence electrons. The van der Waals surface area contributed by atoms with E-state index in [2.05, 4.69) is 0 Å². The molecule has 0 aliphatic rings. The summed E-state index contributed by atoms with van der Waals surface area (Å²) in [5.41, 5.74) is 0. The molecule has 0 radical (unpaired) electrons. The minimum absolute atomic E-state index is 1.15. The molecule has 0 saturated heterocycles.